The molecule has 1 aliphatic rings. The molecule has 1 N–H and O–H groups in total. The third-order valence-electron chi connectivity index (χ3n) is 3.60. The van der Waals surface area contributed by atoms with Crippen LogP contribution >= 0.6 is 0 Å². The van der Waals surface area contributed by atoms with Crippen LogP contribution in [0.3, 0.4) is 0 Å². The zero-order valence-corrected chi connectivity index (χ0v) is 12.4. The number of nitrogens with zero attached hydrogens (tertiary/aromatic N) is 1. The Labute approximate surface area is 123 Å². The summed E-state index contributed by atoms with van der Waals surface area (Å²) in [7, 11) is -1.61. The molecule has 3 rings (SSSR count). The molecule has 5 nitrogen and oxygen atoms in total. The van der Waals surface area contributed by atoms with Gasteiger partial charge in [0.15, 0.2) is 9.84 Å². The van der Waals surface area contributed by atoms with Gasteiger partial charge < -0.3 is 10.1 Å². The number of methoxy groups -OCH3 is 1. The average Bonchev–Trinajstić information content (AvgIpc) is 2.77. The molecule has 0 saturated carbocycles. The molecule has 1 unspecified atom stereocenters. The van der Waals surface area contributed by atoms with Crippen LogP contribution in [0.1, 0.15) is 17.2 Å². The molecule has 1 aromatic carbocycles. The number of sulfone groups is 1. The van der Waals surface area contributed by atoms with Gasteiger partial charge in [0, 0.05) is 24.3 Å². The van der Waals surface area contributed by atoms with Crippen LogP contribution in [-0.4, -0.2) is 26.3 Å². The minimum absolute atomic E-state index is 0.0922. The van der Waals surface area contributed by atoms with Crippen LogP contribution < -0.4 is 10.1 Å². The number of pyridine rings is 1. The molecule has 0 saturated heterocycles. The molecule has 6 heteroatoms. The largest absolute Gasteiger partial charge is 0.481 e. The van der Waals surface area contributed by atoms with Crippen molar-refractivity contribution in [2.24, 2.45) is 0 Å². The lowest BCUT2D eigenvalue weighted by atomic mass is 10.1. The second-order valence-electron chi connectivity index (χ2n) is 4.92. The summed E-state index contributed by atoms with van der Waals surface area (Å²) >= 11 is 0. The fourth-order valence-corrected chi connectivity index (χ4v) is 4.37. The number of nitrogens with one attached hydrogen (secondary N) is 1. The molecule has 0 fully saturated rings. The average molecular weight is 304 g/mol. The third-order valence-corrected chi connectivity index (χ3v) is 5.41. The Balaban J connectivity index is 1.81. The Hall–Kier alpha value is -1.92. The van der Waals surface area contributed by atoms with E-state index in [1.54, 1.807) is 25.4 Å². The van der Waals surface area contributed by atoms with Gasteiger partial charge >= 0.3 is 0 Å². The van der Waals surface area contributed by atoms with Crippen molar-refractivity contribution in [2.75, 3.05) is 12.9 Å². The molecule has 110 valence electrons. The molecular weight excluding hydrogens is 288 g/mol. The summed E-state index contributed by atoms with van der Waals surface area (Å²) in [5, 5.41) is 3.29. The Bertz CT molecular complexity index is 759. The number of aromatic nitrogens is 1. The van der Waals surface area contributed by atoms with Crippen molar-refractivity contribution in [3.05, 3.63) is 53.7 Å². The van der Waals surface area contributed by atoms with Gasteiger partial charge in [-0.15, -0.1) is 0 Å². The highest BCUT2D eigenvalue weighted by Gasteiger charge is 2.33. The van der Waals surface area contributed by atoms with Gasteiger partial charge in [-0.1, -0.05) is 24.3 Å². The summed E-state index contributed by atoms with van der Waals surface area (Å²) in [5.74, 6) is 0.647. The van der Waals surface area contributed by atoms with Crippen LogP contribution in [0.4, 0.5) is 0 Å². The minimum Gasteiger partial charge on any atom is -0.481 e. The maximum absolute atomic E-state index is 12.1. The van der Waals surface area contributed by atoms with Crippen LogP contribution in [0.25, 0.3) is 0 Å². The van der Waals surface area contributed by atoms with Gasteiger partial charge in [-0.3, -0.25) is 0 Å². The fraction of sp³-hybridized carbons (Fsp3) is 0.267. The second-order valence-corrected chi connectivity index (χ2v) is 6.93. The molecule has 2 heterocycles. The van der Waals surface area contributed by atoms with E-state index in [2.05, 4.69) is 10.3 Å². The van der Waals surface area contributed by atoms with E-state index in [1.807, 2.05) is 24.3 Å². The van der Waals surface area contributed by atoms with E-state index < -0.39 is 9.84 Å². The summed E-state index contributed by atoms with van der Waals surface area (Å²) in [6, 6.07) is 10.7. The van der Waals surface area contributed by atoms with Gasteiger partial charge in [-0.2, -0.15) is 0 Å². The van der Waals surface area contributed by atoms with Crippen LogP contribution in [0, 0.1) is 0 Å². The maximum atomic E-state index is 12.1. The van der Waals surface area contributed by atoms with Crippen molar-refractivity contribution in [2.45, 2.75) is 17.5 Å². The molecule has 21 heavy (non-hydrogen) atoms. The molecule has 1 aliphatic heterocycles. The van der Waals surface area contributed by atoms with Gasteiger partial charge in [-0.05, 0) is 17.7 Å². The normalized spacial score (nSPS) is 19.2. The van der Waals surface area contributed by atoms with Crippen molar-refractivity contribution >= 4 is 9.84 Å². The smallest absolute Gasteiger partial charge is 0.217 e. The highest BCUT2D eigenvalue weighted by molar-refractivity contribution is 7.91. The molecule has 0 amide bonds. The number of ether oxygens (including phenoxy) is 1. The first-order valence-corrected chi connectivity index (χ1v) is 8.30. The van der Waals surface area contributed by atoms with Crippen LogP contribution in [0.15, 0.2) is 47.5 Å². The second kappa shape index (κ2) is 5.46. The summed E-state index contributed by atoms with van der Waals surface area (Å²) in [6.07, 6.45) is 1.66. The molecule has 1 aromatic heterocycles. The van der Waals surface area contributed by atoms with E-state index in [0.717, 1.165) is 11.1 Å². The van der Waals surface area contributed by atoms with Crippen molar-refractivity contribution < 1.29 is 13.2 Å². The lowest BCUT2D eigenvalue weighted by molar-refractivity contribution is 0.389. The number of fused-ring (bicyclic) bond motifs is 1. The number of rotatable bonds is 4. The molecular formula is C15H16N2O3S. The molecule has 2 aromatic rings. The number of benzene rings is 1. The Morgan fingerprint density at radius 3 is 2.90 bits per heavy atom. The molecule has 1 atom stereocenters. The molecule has 0 bridgehead atoms. The summed E-state index contributed by atoms with van der Waals surface area (Å²) in [5.41, 5.74) is 1.74. The van der Waals surface area contributed by atoms with Gasteiger partial charge in [0.1, 0.15) is 0 Å². The number of hydrogen-bond donors (Lipinski definition) is 1. The van der Waals surface area contributed by atoms with Crippen molar-refractivity contribution in [1.82, 2.24) is 10.3 Å². The van der Waals surface area contributed by atoms with E-state index in [0.29, 0.717) is 17.3 Å². The van der Waals surface area contributed by atoms with Crippen LogP contribution in [-0.2, 0) is 16.4 Å². The highest BCUT2D eigenvalue weighted by Crippen LogP contribution is 2.33. The first-order valence-electron chi connectivity index (χ1n) is 6.65. The van der Waals surface area contributed by atoms with Crippen molar-refractivity contribution in [3.8, 4) is 5.88 Å². The zero-order chi connectivity index (χ0) is 14.9. The third kappa shape index (κ3) is 2.64. The van der Waals surface area contributed by atoms with Crippen molar-refractivity contribution in [3.63, 3.8) is 0 Å². The van der Waals surface area contributed by atoms with Gasteiger partial charge in [0.2, 0.25) is 5.88 Å². The zero-order valence-electron chi connectivity index (χ0n) is 11.6. The predicted molar refractivity (Wildman–Crippen MR) is 78.9 cm³/mol. The standard InChI is InChI=1S/C15H16N2O3S/c1-20-15-11(5-4-8-16-15)9-17-13-10-21(18,19)14-7-3-2-6-12(13)14/h2-8,13,17H,9-10H2,1H3. The van der Waals surface area contributed by atoms with E-state index in [-0.39, 0.29) is 11.8 Å². The Kier molecular flexibility index (Phi) is 3.65. The topological polar surface area (TPSA) is 68.3 Å². The summed E-state index contributed by atoms with van der Waals surface area (Å²) in [4.78, 5) is 4.57. The Morgan fingerprint density at radius 2 is 2.10 bits per heavy atom. The SMILES string of the molecule is COc1ncccc1CNC1CS(=O)(=O)c2ccccc21. The molecule has 0 spiro atoms. The summed E-state index contributed by atoms with van der Waals surface area (Å²) < 4.78 is 29.4. The van der Waals surface area contributed by atoms with Gasteiger partial charge in [0.25, 0.3) is 0 Å². The van der Waals surface area contributed by atoms with E-state index >= 15 is 0 Å². The fourth-order valence-electron chi connectivity index (χ4n) is 2.60. The van der Waals surface area contributed by atoms with E-state index in [9.17, 15) is 8.42 Å². The van der Waals surface area contributed by atoms with Crippen LogP contribution in [0.5, 0.6) is 5.88 Å². The number of hydrogen-bond acceptors (Lipinski definition) is 5. The predicted octanol–water partition coefficient (Wildman–Crippen LogP) is 1.71. The van der Waals surface area contributed by atoms with Crippen molar-refractivity contribution in [1.29, 1.82) is 0 Å². The first kappa shape index (κ1) is 14.0. The quantitative estimate of drug-likeness (QED) is 0.931. The van der Waals surface area contributed by atoms with Gasteiger partial charge in [-0.25, -0.2) is 13.4 Å². The first-order chi connectivity index (χ1) is 10.1. The van der Waals surface area contributed by atoms with E-state index in [4.69, 9.17) is 4.74 Å². The monoisotopic (exact) mass is 304 g/mol. The molecule has 0 aliphatic carbocycles. The highest BCUT2D eigenvalue weighted by atomic mass is 32.2. The van der Waals surface area contributed by atoms with E-state index in [1.165, 1.54) is 0 Å². The summed E-state index contributed by atoms with van der Waals surface area (Å²) in [6.45, 7) is 0.505. The lowest BCUT2D eigenvalue weighted by Crippen LogP contribution is -2.22. The maximum Gasteiger partial charge on any atom is 0.217 e. The van der Waals surface area contributed by atoms with Crippen LogP contribution in [0.2, 0.25) is 0 Å². The Morgan fingerprint density at radius 1 is 1.29 bits per heavy atom. The van der Waals surface area contributed by atoms with Gasteiger partial charge in [0.05, 0.1) is 17.8 Å². The minimum atomic E-state index is -3.18. The molecule has 0 radical (unpaired) electrons. The lowest BCUT2D eigenvalue weighted by Gasteiger charge is -2.13.